The van der Waals surface area contributed by atoms with E-state index in [-0.39, 0.29) is 0 Å². The van der Waals surface area contributed by atoms with Gasteiger partial charge in [0.25, 0.3) is 0 Å². The average molecular weight is 233 g/mol. The minimum absolute atomic E-state index is 0.426. The third-order valence-corrected chi connectivity index (χ3v) is 2.90. The first-order valence-corrected chi connectivity index (χ1v) is 5.53. The fourth-order valence-corrected chi connectivity index (χ4v) is 1.59. The summed E-state index contributed by atoms with van der Waals surface area (Å²) in [5.41, 5.74) is 0.841. The van der Waals surface area contributed by atoms with Crippen LogP contribution in [0.25, 0.3) is 0 Å². The summed E-state index contributed by atoms with van der Waals surface area (Å²) >= 11 is 11.6. The minimum Gasteiger partial charge on any atom is -0.388 e. The first-order valence-electron chi connectivity index (χ1n) is 4.78. The highest BCUT2D eigenvalue weighted by Crippen LogP contribution is 2.27. The molecule has 0 heterocycles. The summed E-state index contributed by atoms with van der Waals surface area (Å²) in [7, 11) is 0. The van der Waals surface area contributed by atoms with Gasteiger partial charge >= 0.3 is 0 Å². The van der Waals surface area contributed by atoms with E-state index in [1.807, 2.05) is 6.07 Å². The van der Waals surface area contributed by atoms with Gasteiger partial charge in [-0.15, -0.1) is 0 Å². The number of hydrogen-bond acceptors (Lipinski definition) is 1. The van der Waals surface area contributed by atoms with E-state index in [4.69, 9.17) is 23.2 Å². The molecule has 1 aromatic rings. The summed E-state index contributed by atoms with van der Waals surface area (Å²) in [5.74, 6) is 0. The van der Waals surface area contributed by atoms with Crippen LogP contribution in [-0.2, 0) is 0 Å². The lowest BCUT2D eigenvalue weighted by atomic mass is 10.0. The number of unbranched alkanes of at least 4 members (excludes halogenated alkanes) is 1. The second-order valence-corrected chi connectivity index (χ2v) is 4.15. The lowest BCUT2D eigenvalue weighted by Crippen LogP contribution is -1.96. The molecule has 1 aromatic carbocycles. The van der Waals surface area contributed by atoms with Crippen LogP contribution in [0.3, 0.4) is 0 Å². The average Bonchev–Trinajstić information content (AvgIpc) is 2.18. The molecule has 0 saturated heterocycles. The van der Waals surface area contributed by atoms with Gasteiger partial charge in [-0.2, -0.15) is 0 Å². The Morgan fingerprint density at radius 2 is 2.00 bits per heavy atom. The van der Waals surface area contributed by atoms with Crippen LogP contribution in [0.15, 0.2) is 18.2 Å². The Morgan fingerprint density at radius 3 is 2.57 bits per heavy atom. The smallest absolute Gasteiger partial charge is 0.0790 e. The summed E-state index contributed by atoms with van der Waals surface area (Å²) < 4.78 is 0. The van der Waals surface area contributed by atoms with Gasteiger partial charge in [-0.25, -0.2) is 0 Å². The van der Waals surface area contributed by atoms with E-state index in [1.54, 1.807) is 12.1 Å². The summed E-state index contributed by atoms with van der Waals surface area (Å²) in [6.07, 6.45) is 2.44. The summed E-state index contributed by atoms with van der Waals surface area (Å²) in [4.78, 5) is 0. The second kappa shape index (κ2) is 5.59. The van der Waals surface area contributed by atoms with Crippen LogP contribution in [0, 0.1) is 0 Å². The van der Waals surface area contributed by atoms with Gasteiger partial charge in [-0.3, -0.25) is 0 Å². The molecule has 0 bridgehead atoms. The van der Waals surface area contributed by atoms with Crippen LogP contribution in [-0.4, -0.2) is 5.11 Å². The molecule has 14 heavy (non-hydrogen) atoms. The van der Waals surface area contributed by atoms with Gasteiger partial charge < -0.3 is 5.11 Å². The van der Waals surface area contributed by atoms with Crippen molar-refractivity contribution in [2.75, 3.05) is 0 Å². The molecule has 1 nitrogen and oxygen atoms in total. The fraction of sp³-hybridized carbons (Fsp3) is 0.455. The summed E-state index contributed by atoms with van der Waals surface area (Å²) in [6, 6.07) is 5.26. The molecule has 0 aliphatic carbocycles. The zero-order valence-electron chi connectivity index (χ0n) is 8.13. The fourth-order valence-electron chi connectivity index (χ4n) is 1.28. The Bertz CT molecular complexity index is 299. The van der Waals surface area contributed by atoms with Crippen molar-refractivity contribution < 1.29 is 5.11 Å². The number of aliphatic hydroxyl groups excluding tert-OH is 1. The van der Waals surface area contributed by atoms with Gasteiger partial charge in [0.15, 0.2) is 0 Å². The molecular weight excluding hydrogens is 219 g/mol. The van der Waals surface area contributed by atoms with Crippen LogP contribution in [0.4, 0.5) is 0 Å². The van der Waals surface area contributed by atoms with E-state index in [0.717, 1.165) is 24.8 Å². The van der Waals surface area contributed by atoms with Crippen molar-refractivity contribution in [3.8, 4) is 0 Å². The number of hydrogen-bond donors (Lipinski definition) is 1. The highest BCUT2D eigenvalue weighted by Gasteiger charge is 2.08. The number of rotatable bonds is 4. The van der Waals surface area contributed by atoms with E-state index < -0.39 is 6.10 Å². The second-order valence-electron chi connectivity index (χ2n) is 3.33. The van der Waals surface area contributed by atoms with Crippen LogP contribution >= 0.6 is 23.2 Å². The summed E-state index contributed by atoms with van der Waals surface area (Å²) in [6.45, 7) is 2.10. The lowest BCUT2D eigenvalue weighted by molar-refractivity contribution is 0.164. The molecule has 1 atom stereocenters. The number of halogens is 2. The Labute approximate surface area is 94.7 Å². The van der Waals surface area contributed by atoms with E-state index in [0.29, 0.717) is 10.0 Å². The molecule has 0 aliphatic heterocycles. The Morgan fingerprint density at radius 1 is 1.29 bits per heavy atom. The highest BCUT2D eigenvalue weighted by atomic mass is 35.5. The maximum Gasteiger partial charge on any atom is 0.0790 e. The van der Waals surface area contributed by atoms with Crippen molar-refractivity contribution in [3.63, 3.8) is 0 Å². The van der Waals surface area contributed by atoms with E-state index in [2.05, 4.69) is 6.92 Å². The zero-order chi connectivity index (χ0) is 10.6. The Balaban J connectivity index is 2.70. The molecule has 1 rings (SSSR count). The quantitative estimate of drug-likeness (QED) is 0.825. The molecule has 0 fully saturated rings. The van der Waals surface area contributed by atoms with Gasteiger partial charge in [-0.1, -0.05) is 49.0 Å². The number of benzene rings is 1. The predicted octanol–water partition coefficient (Wildman–Crippen LogP) is 4.22. The Kier molecular flexibility index (Phi) is 4.73. The molecule has 0 aromatic heterocycles. The highest BCUT2D eigenvalue weighted by molar-refractivity contribution is 6.42. The van der Waals surface area contributed by atoms with Crippen molar-refractivity contribution in [1.29, 1.82) is 0 Å². The molecule has 1 unspecified atom stereocenters. The van der Waals surface area contributed by atoms with Crippen molar-refractivity contribution in [1.82, 2.24) is 0 Å². The molecule has 0 aliphatic rings. The maximum absolute atomic E-state index is 9.77. The van der Waals surface area contributed by atoms with Crippen molar-refractivity contribution >= 4 is 23.2 Å². The Hall–Kier alpha value is -0.240. The topological polar surface area (TPSA) is 20.2 Å². The van der Waals surface area contributed by atoms with Crippen LogP contribution in [0.2, 0.25) is 10.0 Å². The first kappa shape index (κ1) is 11.8. The third kappa shape index (κ3) is 3.16. The van der Waals surface area contributed by atoms with Crippen LogP contribution in [0.1, 0.15) is 37.9 Å². The maximum atomic E-state index is 9.77. The largest absolute Gasteiger partial charge is 0.388 e. The molecule has 0 spiro atoms. The van der Waals surface area contributed by atoms with Gasteiger partial charge in [-0.05, 0) is 24.1 Å². The van der Waals surface area contributed by atoms with Gasteiger partial charge in [0.2, 0.25) is 0 Å². The van der Waals surface area contributed by atoms with E-state index >= 15 is 0 Å². The van der Waals surface area contributed by atoms with Gasteiger partial charge in [0.1, 0.15) is 0 Å². The van der Waals surface area contributed by atoms with Gasteiger partial charge in [0.05, 0.1) is 16.1 Å². The molecule has 3 heteroatoms. The zero-order valence-corrected chi connectivity index (χ0v) is 9.65. The SMILES string of the molecule is CCCCC(O)c1ccc(Cl)c(Cl)c1. The minimum atomic E-state index is -0.426. The standard InChI is InChI=1S/C11H14Cl2O/c1-2-3-4-11(14)8-5-6-9(12)10(13)7-8/h5-7,11,14H,2-4H2,1H3. The van der Waals surface area contributed by atoms with E-state index in [1.165, 1.54) is 0 Å². The lowest BCUT2D eigenvalue weighted by Gasteiger charge is -2.10. The molecule has 0 amide bonds. The molecular formula is C11H14Cl2O. The van der Waals surface area contributed by atoms with Gasteiger partial charge in [0, 0.05) is 0 Å². The van der Waals surface area contributed by atoms with Crippen LogP contribution < -0.4 is 0 Å². The summed E-state index contributed by atoms with van der Waals surface area (Å²) in [5, 5.41) is 10.8. The predicted molar refractivity (Wildman–Crippen MR) is 60.9 cm³/mol. The van der Waals surface area contributed by atoms with Crippen molar-refractivity contribution in [2.45, 2.75) is 32.3 Å². The van der Waals surface area contributed by atoms with E-state index in [9.17, 15) is 5.11 Å². The number of aliphatic hydroxyl groups is 1. The third-order valence-electron chi connectivity index (χ3n) is 2.16. The molecule has 1 N–H and O–H groups in total. The van der Waals surface area contributed by atoms with Crippen LogP contribution in [0.5, 0.6) is 0 Å². The normalized spacial score (nSPS) is 12.9. The van der Waals surface area contributed by atoms with Crippen molar-refractivity contribution in [3.05, 3.63) is 33.8 Å². The first-order chi connectivity index (χ1) is 6.65. The molecule has 0 saturated carbocycles. The monoisotopic (exact) mass is 232 g/mol. The van der Waals surface area contributed by atoms with Crippen molar-refractivity contribution in [2.24, 2.45) is 0 Å². The molecule has 78 valence electrons. The molecule has 0 radical (unpaired) electrons.